The van der Waals surface area contributed by atoms with Gasteiger partial charge in [0.1, 0.15) is 11.5 Å². The normalized spacial score (nSPS) is 10.7. The summed E-state index contributed by atoms with van der Waals surface area (Å²) in [4.78, 5) is 24.5. The summed E-state index contributed by atoms with van der Waals surface area (Å²) in [6.07, 6.45) is 0.119. The van der Waals surface area contributed by atoms with Crippen molar-refractivity contribution in [3.63, 3.8) is 0 Å². The Bertz CT molecular complexity index is 986. The minimum absolute atomic E-state index is 0.119. The van der Waals surface area contributed by atoms with E-state index in [0.717, 1.165) is 22.6 Å². The summed E-state index contributed by atoms with van der Waals surface area (Å²) in [5.41, 5.74) is 8.71. The van der Waals surface area contributed by atoms with Crippen molar-refractivity contribution in [1.82, 2.24) is 20.6 Å². The van der Waals surface area contributed by atoms with Crippen LogP contribution in [0.1, 0.15) is 38.8 Å². The lowest BCUT2D eigenvalue weighted by Gasteiger charge is -2.08. The second kappa shape index (κ2) is 7.49. The Kier molecular flexibility index (Phi) is 5.12. The number of amides is 2. The van der Waals surface area contributed by atoms with Gasteiger partial charge in [0.2, 0.25) is 5.91 Å². The summed E-state index contributed by atoms with van der Waals surface area (Å²) in [7, 11) is 0. The maximum Gasteiger partial charge on any atom is 0.273 e. The summed E-state index contributed by atoms with van der Waals surface area (Å²) in [6.45, 7) is 7.25. The molecule has 0 fully saturated rings. The van der Waals surface area contributed by atoms with Crippen molar-refractivity contribution in [1.29, 1.82) is 0 Å². The van der Waals surface area contributed by atoms with Crippen LogP contribution in [0.5, 0.6) is 0 Å². The first-order valence-corrected chi connectivity index (χ1v) is 8.63. The Balaban J connectivity index is 1.67. The molecule has 140 valence electrons. The molecular formula is C20H22N4O3. The molecule has 0 aliphatic rings. The lowest BCUT2D eigenvalue weighted by molar-refractivity contribution is -0.121. The Morgan fingerprint density at radius 3 is 2.41 bits per heavy atom. The fourth-order valence-corrected chi connectivity index (χ4v) is 3.01. The van der Waals surface area contributed by atoms with Crippen molar-refractivity contribution >= 4 is 11.8 Å². The quantitative estimate of drug-likeness (QED) is 0.695. The molecule has 0 atom stereocenters. The zero-order valence-electron chi connectivity index (χ0n) is 15.8. The molecule has 0 unspecified atom stereocenters. The van der Waals surface area contributed by atoms with Gasteiger partial charge in [-0.1, -0.05) is 18.2 Å². The van der Waals surface area contributed by atoms with Gasteiger partial charge in [-0.3, -0.25) is 20.4 Å². The summed E-state index contributed by atoms with van der Waals surface area (Å²) >= 11 is 0. The number of carbonyl (C=O) groups excluding carboxylic acids is 2. The third kappa shape index (κ3) is 3.92. The van der Waals surface area contributed by atoms with E-state index >= 15 is 0 Å². The van der Waals surface area contributed by atoms with Crippen molar-refractivity contribution in [3.8, 4) is 5.69 Å². The SMILES string of the molecule is Cc1cc(C(=O)NNC(=O)Cc2c(C)nn(-c3ccccc3)c2C)c(C)o1. The van der Waals surface area contributed by atoms with Gasteiger partial charge in [-0.05, 0) is 45.9 Å². The lowest BCUT2D eigenvalue weighted by Crippen LogP contribution is -2.42. The van der Waals surface area contributed by atoms with E-state index < -0.39 is 5.91 Å². The Labute approximate surface area is 157 Å². The van der Waals surface area contributed by atoms with E-state index in [-0.39, 0.29) is 12.3 Å². The molecule has 2 aromatic heterocycles. The van der Waals surface area contributed by atoms with Gasteiger partial charge in [-0.2, -0.15) is 5.10 Å². The molecule has 2 heterocycles. The molecule has 1 aromatic carbocycles. The first-order chi connectivity index (χ1) is 12.9. The number of rotatable bonds is 4. The molecule has 0 saturated carbocycles. The number of aromatic nitrogens is 2. The van der Waals surface area contributed by atoms with Crippen LogP contribution in [0.4, 0.5) is 0 Å². The molecule has 7 heteroatoms. The Morgan fingerprint density at radius 1 is 1.07 bits per heavy atom. The molecule has 3 rings (SSSR count). The molecule has 7 nitrogen and oxygen atoms in total. The summed E-state index contributed by atoms with van der Waals surface area (Å²) in [5.74, 6) is 0.421. The van der Waals surface area contributed by atoms with Crippen LogP contribution in [-0.4, -0.2) is 21.6 Å². The van der Waals surface area contributed by atoms with Crippen molar-refractivity contribution < 1.29 is 14.0 Å². The molecule has 0 aliphatic carbocycles. The fourth-order valence-electron chi connectivity index (χ4n) is 3.01. The highest BCUT2D eigenvalue weighted by Crippen LogP contribution is 2.18. The lowest BCUT2D eigenvalue weighted by atomic mass is 10.1. The summed E-state index contributed by atoms with van der Waals surface area (Å²) < 4.78 is 7.14. The third-order valence-corrected chi connectivity index (χ3v) is 4.38. The number of hydrogen-bond donors (Lipinski definition) is 2. The van der Waals surface area contributed by atoms with Crippen LogP contribution >= 0.6 is 0 Å². The van der Waals surface area contributed by atoms with Crippen molar-refractivity contribution in [2.75, 3.05) is 0 Å². The van der Waals surface area contributed by atoms with Crippen molar-refractivity contribution in [2.24, 2.45) is 0 Å². The van der Waals surface area contributed by atoms with Gasteiger partial charge in [-0.15, -0.1) is 0 Å². The smallest absolute Gasteiger partial charge is 0.273 e. The third-order valence-electron chi connectivity index (χ3n) is 4.38. The Hall–Kier alpha value is -3.35. The number of para-hydroxylation sites is 1. The van der Waals surface area contributed by atoms with Crippen molar-refractivity contribution in [2.45, 2.75) is 34.1 Å². The summed E-state index contributed by atoms with van der Waals surface area (Å²) in [5, 5.41) is 4.53. The van der Waals surface area contributed by atoms with Gasteiger partial charge >= 0.3 is 0 Å². The van der Waals surface area contributed by atoms with Crippen LogP contribution in [0.2, 0.25) is 0 Å². The van der Waals surface area contributed by atoms with E-state index in [1.807, 2.05) is 48.9 Å². The number of carbonyl (C=O) groups is 2. The monoisotopic (exact) mass is 366 g/mol. The van der Waals surface area contributed by atoms with E-state index in [4.69, 9.17) is 4.42 Å². The standard InChI is InChI=1S/C20H22N4O3/c1-12-10-18(15(4)27-12)20(26)22-21-19(25)11-17-13(2)23-24(14(17)3)16-8-6-5-7-9-16/h5-10H,11H2,1-4H3,(H,21,25)(H,22,26). The number of nitrogens with one attached hydrogen (secondary N) is 2. The minimum Gasteiger partial charge on any atom is -0.466 e. The minimum atomic E-state index is -0.411. The number of nitrogens with zero attached hydrogens (tertiary/aromatic N) is 2. The Morgan fingerprint density at radius 2 is 1.78 bits per heavy atom. The second-order valence-electron chi connectivity index (χ2n) is 6.40. The van der Waals surface area contributed by atoms with Gasteiger partial charge in [-0.25, -0.2) is 4.68 Å². The van der Waals surface area contributed by atoms with E-state index in [1.54, 1.807) is 19.9 Å². The number of hydrogen-bond acceptors (Lipinski definition) is 4. The zero-order chi connectivity index (χ0) is 19.6. The molecule has 3 aromatic rings. The predicted molar refractivity (Wildman–Crippen MR) is 101 cm³/mol. The predicted octanol–water partition coefficient (Wildman–Crippen LogP) is 2.70. The molecule has 0 spiro atoms. The molecule has 2 amide bonds. The van der Waals surface area contributed by atoms with Crippen LogP contribution in [0, 0.1) is 27.7 Å². The molecular weight excluding hydrogens is 344 g/mol. The second-order valence-corrected chi connectivity index (χ2v) is 6.40. The number of hydrazine groups is 1. The summed E-state index contributed by atoms with van der Waals surface area (Å²) in [6, 6.07) is 11.4. The molecule has 0 aliphatic heterocycles. The molecule has 27 heavy (non-hydrogen) atoms. The van der Waals surface area contributed by atoms with E-state index in [0.29, 0.717) is 17.1 Å². The van der Waals surface area contributed by atoms with Crippen LogP contribution in [0.3, 0.4) is 0 Å². The van der Waals surface area contributed by atoms with Crippen molar-refractivity contribution in [3.05, 3.63) is 70.4 Å². The van der Waals surface area contributed by atoms with Crippen LogP contribution in [-0.2, 0) is 11.2 Å². The maximum atomic E-state index is 12.3. The van der Waals surface area contributed by atoms with E-state index in [2.05, 4.69) is 16.0 Å². The first kappa shape index (κ1) is 18.4. The number of furan rings is 1. The number of aryl methyl sites for hydroxylation is 3. The maximum absolute atomic E-state index is 12.3. The van der Waals surface area contributed by atoms with Crippen LogP contribution in [0.25, 0.3) is 5.69 Å². The molecule has 0 bridgehead atoms. The highest BCUT2D eigenvalue weighted by atomic mass is 16.3. The average Bonchev–Trinajstić information content (AvgIpc) is 3.13. The average molecular weight is 366 g/mol. The highest BCUT2D eigenvalue weighted by molar-refractivity contribution is 5.96. The van der Waals surface area contributed by atoms with Gasteiger partial charge in [0.05, 0.1) is 23.4 Å². The molecule has 2 N–H and O–H groups in total. The van der Waals surface area contributed by atoms with Gasteiger partial charge in [0, 0.05) is 11.3 Å². The fraction of sp³-hybridized carbons (Fsp3) is 0.250. The van der Waals surface area contributed by atoms with E-state index in [9.17, 15) is 9.59 Å². The zero-order valence-corrected chi connectivity index (χ0v) is 15.8. The van der Waals surface area contributed by atoms with Gasteiger partial charge in [0.15, 0.2) is 0 Å². The van der Waals surface area contributed by atoms with Gasteiger partial charge < -0.3 is 4.42 Å². The van der Waals surface area contributed by atoms with Gasteiger partial charge in [0.25, 0.3) is 5.91 Å². The molecule has 0 radical (unpaired) electrons. The molecule has 0 saturated heterocycles. The largest absolute Gasteiger partial charge is 0.466 e. The van der Waals surface area contributed by atoms with E-state index in [1.165, 1.54) is 0 Å². The first-order valence-electron chi connectivity index (χ1n) is 8.63. The number of benzene rings is 1. The highest BCUT2D eigenvalue weighted by Gasteiger charge is 2.18. The van der Waals surface area contributed by atoms with Crippen LogP contribution in [0.15, 0.2) is 40.8 Å². The van der Waals surface area contributed by atoms with Crippen LogP contribution < -0.4 is 10.9 Å². The topological polar surface area (TPSA) is 89.2 Å².